The fraction of sp³-hybridized carbons (Fsp3) is 0.300. The molecule has 0 spiro atoms. The summed E-state index contributed by atoms with van der Waals surface area (Å²) in [6.07, 6.45) is 3.30. The first-order valence-corrected chi connectivity index (χ1v) is 12.4. The van der Waals surface area contributed by atoms with Gasteiger partial charge in [-0.2, -0.15) is 0 Å². The summed E-state index contributed by atoms with van der Waals surface area (Å²) in [5.74, 6) is 0.104. The van der Waals surface area contributed by atoms with Gasteiger partial charge in [-0.1, -0.05) is 81.9 Å². The molecule has 0 amide bonds. The van der Waals surface area contributed by atoms with Crippen LogP contribution in [0.25, 0.3) is 6.08 Å². The fourth-order valence-electron chi connectivity index (χ4n) is 3.04. The van der Waals surface area contributed by atoms with Gasteiger partial charge in [-0.3, -0.25) is 0 Å². The van der Waals surface area contributed by atoms with Crippen LogP contribution in [-0.4, -0.2) is 13.7 Å². The number of alkyl halides is 1. The predicted octanol–water partition coefficient (Wildman–Crippen LogP) is 8.93. The Morgan fingerprint density at radius 1 is 1.14 bits per heavy atom. The Balaban J connectivity index is 2.28. The first-order valence-electron chi connectivity index (χ1n) is 8.75. The van der Waals surface area contributed by atoms with E-state index < -0.39 is 19.9 Å². The predicted molar refractivity (Wildman–Crippen MR) is 128 cm³/mol. The highest BCUT2D eigenvalue weighted by molar-refractivity contribution is 9.10. The lowest BCUT2D eigenvalue weighted by Crippen LogP contribution is -2.02. The zero-order valence-corrected chi connectivity index (χ0v) is 20.4. The van der Waals surface area contributed by atoms with Gasteiger partial charge >= 0.3 is 0 Å². The molecule has 0 heterocycles. The molecule has 0 radical (unpaired) electrons. The van der Waals surface area contributed by atoms with Crippen LogP contribution in [0.2, 0.25) is 15.1 Å². The third-order valence-corrected chi connectivity index (χ3v) is 7.56. The molecular formula is C20H20BBrCl3F2P. The molecule has 4 unspecified atom stereocenters. The van der Waals surface area contributed by atoms with Gasteiger partial charge in [0, 0.05) is 18.2 Å². The van der Waals surface area contributed by atoms with Crippen LogP contribution < -0.4 is 0 Å². The second-order valence-corrected chi connectivity index (χ2v) is 10.5. The van der Waals surface area contributed by atoms with E-state index in [2.05, 4.69) is 15.9 Å². The SMILES string of the molecule is BP(F)C(/C=C/c1ccc(C(C)CC(C)F)c(Br)c1)c1cc(Cl)c(Cl)c(Cl)c1. The second-order valence-electron chi connectivity index (χ2n) is 6.83. The number of rotatable bonds is 7. The van der Waals surface area contributed by atoms with Crippen LogP contribution in [0.1, 0.15) is 48.5 Å². The summed E-state index contributed by atoms with van der Waals surface area (Å²) >= 11 is 21.8. The van der Waals surface area contributed by atoms with E-state index in [9.17, 15) is 8.59 Å². The lowest BCUT2D eigenvalue weighted by molar-refractivity contribution is 0.324. The second kappa shape index (κ2) is 10.8. The highest BCUT2D eigenvalue weighted by atomic mass is 79.9. The third-order valence-electron chi connectivity index (χ3n) is 4.44. The summed E-state index contributed by atoms with van der Waals surface area (Å²) in [6, 6.07) is 9.20. The minimum Gasteiger partial charge on any atom is -0.248 e. The quantitative estimate of drug-likeness (QED) is 0.192. The van der Waals surface area contributed by atoms with Crippen molar-refractivity contribution >= 4 is 72.5 Å². The van der Waals surface area contributed by atoms with Crippen molar-refractivity contribution in [1.29, 1.82) is 0 Å². The van der Waals surface area contributed by atoms with Crippen LogP contribution in [0, 0.1) is 0 Å². The average molecular weight is 526 g/mol. The number of hydrogen-bond donors (Lipinski definition) is 0. The van der Waals surface area contributed by atoms with Crippen LogP contribution >= 0.6 is 58.8 Å². The van der Waals surface area contributed by atoms with Crippen LogP contribution in [0.4, 0.5) is 8.59 Å². The van der Waals surface area contributed by atoms with Crippen molar-refractivity contribution in [2.75, 3.05) is 0 Å². The maximum atomic E-state index is 14.3. The van der Waals surface area contributed by atoms with Gasteiger partial charge in [0.05, 0.1) is 21.2 Å². The molecule has 0 fully saturated rings. The Morgan fingerprint density at radius 3 is 2.25 bits per heavy atom. The molecule has 0 aliphatic heterocycles. The summed E-state index contributed by atoms with van der Waals surface area (Å²) < 4.78 is 28.5. The summed E-state index contributed by atoms with van der Waals surface area (Å²) in [6.45, 7) is 3.57. The lowest BCUT2D eigenvalue weighted by Gasteiger charge is -2.17. The molecule has 2 rings (SSSR count). The van der Waals surface area contributed by atoms with E-state index in [4.69, 9.17) is 34.8 Å². The molecular weight excluding hydrogens is 506 g/mol. The number of allylic oxidation sites excluding steroid dienone is 1. The van der Waals surface area contributed by atoms with Gasteiger partial charge in [-0.25, -0.2) is 8.59 Å². The van der Waals surface area contributed by atoms with Gasteiger partial charge in [0.1, 0.15) is 0 Å². The van der Waals surface area contributed by atoms with E-state index in [1.165, 1.54) is 0 Å². The molecule has 0 N–H and O–H groups in total. The van der Waals surface area contributed by atoms with Crippen LogP contribution in [0.3, 0.4) is 0 Å². The highest BCUT2D eigenvalue weighted by Crippen LogP contribution is 2.51. The van der Waals surface area contributed by atoms with Crippen molar-refractivity contribution in [3.05, 3.63) is 72.6 Å². The first-order chi connectivity index (χ1) is 13.1. The number of halogens is 6. The van der Waals surface area contributed by atoms with E-state index >= 15 is 0 Å². The van der Waals surface area contributed by atoms with Crippen molar-refractivity contribution in [2.45, 2.75) is 38.0 Å². The minimum atomic E-state index is -1.81. The van der Waals surface area contributed by atoms with E-state index in [0.717, 1.165) is 15.6 Å². The van der Waals surface area contributed by atoms with Gasteiger partial charge < -0.3 is 0 Å². The maximum absolute atomic E-state index is 14.3. The van der Waals surface area contributed by atoms with Crippen molar-refractivity contribution in [2.24, 2.45) is 0 Å². The molecule has 2 aromatic carbocycles. The van der Waals surface area contributed by atoms with Crippen LogP contribution in [0.15, 0.2) is 40.9 Å². The summed E-state index contributed by atoms with van der Waals surface area (Å²) in [5, 5.41) is 0.885. The lowest BCUT2D eigenvalue weighted by atomic mass is 9.95. The summed E-state index contributed by atoms with van der Waals surface area (Å²) in [7, 11) is -0.250. The molecule has 2 aromatic rings. The van der Waals surface area contributed by atoms with Gasteiger partial charge in [0.2, 0.25) is 0 Å². The van der Waals surface area contributed by atoms with Crippen LogP contribution in [-0.2, 0) is 0 Å². The number of hydrogen-bond acceptors (Lipinski definition) is 0. The Labute approximate surface area is 191 Å². The molecule has 4 atom stereocenters. The van der Waals surface area contributed by atoms with E-state index in [0.29, 0.717) is 22.0 Å². The molecule has 0 aliphatic carbocycles. The summed E-state index contributed by atoms with van der Waals surface area (Å²) in [4.78, 5) is 0. The van der Waals surface area contributed by atoms with Crippen LogP contribution in [0.5, 0.6) is 0 Å². The smallest absolute Gasteiger partial charge is 0.177 e. The Bertz CT molecular complexity index is 838. The zero-order valence-electron chi connectivity index (χ0n) is 15.7. The Morgan fingerprint density at radius 2 is 1.75 bits per heavy atom. The monoisotopic (exact) mass is 524 g/mol. The van der Waals surface area contributed by atoms with Gasteiger partial charge in [-0.05, 0) is 54.2 Å². The first kappa shape index (κ1) is 24.2. The summed E-state index contributed by atoms with van der Waals surface area (Å²) in [5.41, 5.74) is 2.21. The van der Waals surface area contributed by atoms with Gasteiger partial charge in [0.25, 0.3) is 0 Å². The molecule has 8 heteroatoms. The highest BCUT2D eigenvalue weighted by Gasteiger charge is 2.19. The fourth-order valence-corrected chi connectivity index (χ4v) is 5.33. The molecule has 0 saturated heterocycles. The van der Waals surface area contributed by atoms with E-state index in [-0.39, 0.29) is 10.9 Å². The van der Waals surface area contributed by atoms with Crippen molar-refractivity contribution in [1.82, 2.24) is 0 Å². The number of benzene rings is 2. The van der Waals surface area contributed by atoms with Gasteiger partial charge in [-0.15, -0.1) is 0 Å². The third kappa shape index (κ3) is 6.44. The molecule has 0 saturated carbocycles. The van der Waals surface area contributed by atoms with E-state index in [1.54, 1.807) is 26.6 Å². The van der Waals surface area contributed by atoms with Gasteiger partial charge in [0.15, 0.2) is 7.57 Å². The minimum absolute atomic E-state index is 0.104. The van der Waals surface area contributed by atoms with E-state index in [1.807, 2.05) is 37.3 Å². The van der Waals surface area contributed by atoms with Crippen molar-refractivity contribution in [3.8, 4) is 0 Å². The van der Waals surface area contributed by atoms with Crippen molar-refractivity contribution < 1.29 is 8.59 Å². The molecule has 150 valence electrons. The largest absolute Gasteiger partial charge is 0.248 e. The zero-order chi connectivity index (χ0) is 21.0. The maximum Gasteiger partial charge on any atom is 0.177 e. The molecule has 0 nitrogen and oxygen atoms in total. The Hall–Kier alpha value is -0.115. The van der Waals surface area contributed by atoms with Crippen molar-refractivity contribution in [3.63, 3.8) is 0 Å². The molecule has 0 aliphatic rings. The molecule has 0 bridgehead atoms. The normalized spacial score (nSPS) is 16.1. The standard InChI is InChI=1S/C20H20BBrCl3F2P/c1-11(7-12(2)26)15-5-3-13(8-16(15)22)4-6-19(28(21)27)14-9-17(23)20(25)18(24)10-14/h3-6,8-12,19H,7,21H2,1-2H3/b6-4+. The topological polar surface area (TPSA) is 0 Å². The molecule has 28 heavy (non-hydrogen) atoms. The Kier molecular flexibility index (Phi) is 9.30. The molecule has 0 aromatic heterocycles. The average Bonchev–Trinajstić information content (AvgIpc) is 2.58.